The molecule has 8 nitrogen and oxygen atoms in total. The number of rotatable bonds is 8. The molecular weight excluding hydrogens is 408 g/mol. The Kier molecular flexibility index (Phi) is 6.56. The van der Waals surface area contributed by atoms with Gasteiger partial charge in [-0.15, -0.1) is 0 Å². The van der Waals surface area contributed by atoms with Crippen LogP contribution in [0.3, 0.4) is 0 Å². The largest absolute Gasteiger partial charge is 0.341 e. The van der Waals surface area contributed by atoms with Gasteiger partial charge in [-0.05, 0) is 30.2 Å². The second kappa shape index (κ2) is 9.13. The molecular formula is C21H23ClN4O4. The molecule has 1 heterocycles. The first-order valence-corrected chi connectivity index (χ1v) is 10.1. The minimum atomic E-state index is -0.500. The summed E-state index contributed by atoms with van der Waals surface area (Å²) in [7, 11) is 1.61. The van der Waals surface area contributed by atoms with Crippen molar-refractivity contribution in [2.24, 2.45) is 0 Å². The van der Waals surface area contributed by atoms with Crippen LogP contribution < -0.4 is 5.69 Å². The van der Waals surface area contributed by atoms with Crippen LogP contribution in [0.15, 0.2) is 47.3 Å². The van der Waals surface area contributed by atoms with Gasteiger partial charge >= 0.3 is 5.69 Å². The van der Waals surface area contributed by atoms with Crippen molar-refractivity contribution in [1.29, 1.82) is 0 Å². The average molecular weight is 431 g/mol. The van der Waals surface area contributed by atoms with Gasteiger partial charge in [0.05, 0.1) is 16.0 Å². The van der Waals surface area contributed by atoms with E-state index in [0.717, 1.165) is 17.5 Å². The third-order valence-corrected chi connectivity index (χ3v) is 5.36. The Hall–Kier alpha value is -3.13. The van der Waals surface area contributed by atoms with Crippen LogP contribution in [0.2, 0.25) is 5.02 Å². The highest BCUT2D eigenvalue weighted by Gasteiger charge is 2.17. The summed E-state index contributed by atoms with van der Waals surface area (Å²) in [6.45, 7) is 3.02. The topological polar surface area (TPSA) is 90.4 Å². The van der Waals surface area contributed by atoms with Gasteiger partial charge in [0.1, 0.15) is 0 Å². The number of nitro benzene ring substituents is 1. The van der Waals surface area contributed by atoms with Gasteiger partial charge in [-0.1, -0.05) is 30.7 Å². The highest BCUT2D eigenvalue weighted by atomic mass is 35.5. The van der Waals surface area contributed by atoms with Gasteiger partial charge in [0.25, 0.3) is 5.69 Å². The summed E-state index contributed by atoms with van der Waals surface area (Å²) in [6.07, 6.45) is 0.961. The molecule has 0 saturated heterocycles. The maximum absolute atomic E-state index is 12.8. The predicted molar refractivity (Wildman–Crippen MR) is 116 cm³/mol. The number of para-hydroxylation sites is 2. The van der Waals surface area contributed by atoms with Crippen molar-refractivity contribution in [3.8, 4) is 0 Å². The summed E-state index contributed by atoms with van der Waals surface area (Å²) in [5.74, 6) is -0.184. The van der Waals surface area contributed by atoms with E-state index in [1.54, 1.807) is 16.2 Å². The van der Waals surface area contributed by atoms with E-state index in [4.69, 9.17) is 11.6 Å². The molecule has 158 valence electrons. The number of carbonyl (C=O) groups excluding carboxylic acids is 1. The maximum atomic E-state index is 12.8. The van der Waals surface area contributed by atoms with Crippen molar-refractivity contribution >= 4 is 34.2 Å². The smallest absolute Gasteiger partial charge is 0.329 e. The molecule has 0 aliphatic rings. The van der Waals surface area contributed by atoms with Crippen molar-refractivity contribution in [3.05, 3.63) is 73.6 Å². The van der Waals surface area contributed by atoms with E-state index >= 15 is 0 Å². The molecule has 0 atom stereocenters. The molecule has 0 N–H and O–H groups in total. The lowest BCUT2D eigenvalue weighted by Crippen LogP contribution is -2.30. The normalized spacial score (nSPS) is 11.0. The Bertz CT molecular complexity index is 1150. The number of aryl methyl sites for hydroxylation is 2. The first-order valence-electron chi connectivity index (χ1n) is 9.68. The van der Waals surface area contributed by atoms with Gasteiger partial charge in [0.2, 0.25) is 5.91 Å². The number of aromatic nitrogens is 2. The minimum Gasteiger partial charge on any atom is -0.341 e. The van der Waals surface area contributed by atoms with Gasteiger partial charge in [-0.2, -0.15) is 0 Å². The summed E-state index contributed by atoms with van der Waals surface area (Å²) in [5.41, 5.74) is 1.95. The van der Waals surface area contributed by atoms with Crippen molar-refractivity contribution in [2.45, 2.75) is 39.4 Å². The fourth-order valence-corrected chi connectivity index (χ4v) is 3.64. The number of hydrogen-bond donors (Lipinski definition) is 0. The molecule has 0 unspecified atom stereocenters. The minimum absolute atomic E-state index is 0.0782. The molecule has 1 amide bonds. The number of benzene rings is 2. The van der Waals surface area contributed by atoms with E-state index in [1.165, 1.54) is 23.1 Å². The van der Waals surface area contributed by atoms with Crippen LogP contribution in [0.1, 0.15) is 25.3 Å². The number of non-ortho nitro benzene ring substituents is 1. The molecule has 0 spiro atoms. The second-order valence-corrected chi connectivity index (χ2v) is 7.51. The van der Waals surface area contributed by atoms with Crippen LogP contribution in [-0.4, -0.2) is 31.9 Å². The molecule has 0 radical (unpaired) electrons. The predicted octanol–water partition coefficient (Wildman–Crippen LogP) is 3.82. The van der Waals surface area contributed by atoms with E-state index < -0.39 is 4.92 Å². The zero-order valence-electron chi connectivity index (χ0n) is 16.9. The number of nitro groups is 1. The third kappa shape index (κ3) is 4.38. The van der Waals surface area contributed by atoms with Gasteiger partial charge in [0, 0.05) is 50.3 Å². The number of halogens is 1. The maximum Gasteiger partial charge on any atom is 0.329 e. The quantitative estimate of drug-likeness (QED) is 0.401. The molecule has 2 aromatic carbocycles. The van der Waals surface area contributed by atoms with Crippen LogP contribution in [0.25, 0.3) is 11.0 Å². The van der Waals surface area contributed by atoms with Gasteiger partial charge < -0.3 is 4.90 Å². The van der Waals surface area contributed by atoms with Gasteiger partial charge in [-0.3, -0.25) is 24.0 Å². The third-order valence-electron chi connectivity index (χ3n) is 5.00. The molecule has 30 heavy (non-hydrogen) atoms. The second-order valence-electron chi connectivity index (χ2n) is 7.11. The fraction of sp³-hybridized carbons (Fsp3) is 0.333. The summed E-state index contributed by atoms with van der Waals surface area (Å²) in [5, 5.41) is 11.3. The molecule has 3 rings (SSSR count). The first-order chi connectivity index (χ1) is 14.3. The van der Waals surface area contributed by atoms with Crippen molar-refractivity contribution in [3.63, 3.8) is 0 Å². The average Bonchev–Trinajstić information content (AvgIpc) is 2.99. The summed E-state index contributed by atoms with van der Waals surface area (Å²) >= 11 is 6.13. The highest BCUT2D eigenvalue weighted by Crippen LogP contribution is 2.23. The Morgan fingerprint density at radius 1 is 1.13 bits per heavy atom. The zero-order chi connectivity index (χ0) is 21.8. The SMILES string of the molecule is CCCn1c(=O)n(CCC(=O)N(C)Cc2cc([N+](=O)[O-])ccc2Cl)c2ccccc21. The lowest BCUT2D eigenvalue weighted by atomic mass is 10.2. The molecule has 0 saturated carbocycles. The van der Waals surface area contributed by atoms with E-state index in [1.807, 2.05) is 31.2 Å². The van der Waals surface area contributed by atoms with Crippen LogP contribution in [-0.2, 0) is 24.4 Å². The van der Waals surface area contributed by atoms with Crippen molar-refractivity contribution in [1.82, 2.24) is 14.0 Å². The number of fused-ring (bicyclic) bond motifs is 1. The zero-order valence-corrected chi connectivity index (χ0v) is 17.6. The van der Waals surface area contributed by atoms with Crippen LogP contribution in [0.5, 0.6) is 0 Å². The van der Waals surface area contributed by atoms with E-state index in [0.29, 0.717) is 17.1 Å². The molecule has 1 aromatic heterocycles. The standard InChI is InChI=1S/C21H23ClN4O4/c1-3-11-24-18-6-4-5-7-19(18)25(21(24)28)12-10-20(27)23(2)14-15-13-16(26(29)30)8-9-17(15)22/h4-9,13H,3,10-12,14H2,1-2H3. The van der Waals surface area contributed by atoms with Gasteiger partial charge in [0.15, 0.2) is 0 Å². The first kappa shape index (κ1) is 21.6. The molecule has 0 bridgehead atoms. The number of amides is 1. The van der Waals surface area contributed by atoms with Crippen LogP contribution in [0, 0.1) is 10.1 Å². The van der Waals surface area contributed by atoms with E-state index in [9.17, 15) is 19.7 Å². The van der Waals surface area contributed by atoms with Crippen molar-refractivity contribution in [2.75, 3.05) is 7.05 Å². The monoisotopic (exact) mass is 430 g/mol. The molecule has 0 aliphatic heterocycles. The summed E-state index contributed by atoms with van der Waals surface area (Å²) in [6, 6.07) is 11.7. The number of nitrogens with zero attached hydrogens (tertiary/aromatic N) is 4. The van der Waals surface area contributed by atoms with Gasteiger partial charge in [-0.25, -0.2) is 4.79 Å². The van der Waals surface area contributed by atoms with Crippen molar-refractivity contribution < 1.29 is 9.72 Å². The molecule has 0 aliphatic carbocycles. The fourth-order valence-electron chi connectivity index (χ4n) is 3.47. The van der Waals surface area contributed by atoms with E-state index in [-0.39, 0.29) is 36.8 Å². The Balaban J connectivity index is 1.75. The Labute approximate surface area is 178 Å². The molecule has 9 heteroatoms. The summed E-state index contributed by atoms with van der Waals surface area (Å²) in [4.78, 5) is 37.4. The number of hydrogen-bond acceptors (Lipinski definition) is 4. The highest BCUT2D eigenvalue weighted by molar-refractivity contribution is 6.31. The molecule has 3 aromatic rings. The van der Waals surface area contributed by atoms with Crippen LogP contribution in [0.4, 0.5) is 5.69 Å². The van der Waals surface area contributed by atoms with Crippen LogP contribution >= 0.6 is 11.6 Å². The number of carbonyl (C=O) groups is 1. The lowest BCUT2D eigenvalue weighted by molar-refractivity contribution is -0.384. The van der Waals surface area contributed by atoms with E-state index in [2.05, 4.69) is 0 Å². The summed E-state index contributed by atoms with van der Waals surface area (Å²) < 4.78 is 3.35. The Morgan fingerprint density at radius 3 is 2.37 bits per heavy atom. The molecule has 0 fully saturated rings. The number of imidazole rings is 1. The lowest BCUT2D eigenvalue weighted by Gasteiger charge is -2.18. The Morgan fingerprint density at radius 2 is 1.77 bits per heavy atom.